The second kappa shape index (κ2) is 10.1. The van der Waals surface area contributed by atoms with E-state index in [4.69, 9.17) is 9.40 Å². The van der Waals surface area contributed by atoms with Crippen molar-refractivity contribution in [3.05, 3.63) is 99.9 Å². The number of carboxylic acids is 1. The van der Waals surface area contributed by atoms with Gasteiger partial charge in [-0.2, -0.15) is 0 Å². The van der Waals surface area contributed by atoms with Crippen molar-refractivity contribution in [3.8, 4) is 0 Å². The molecular formula is C30H28FN5O4. The molecule has 5 aromatic rings. The highest BCUT2D eigenvalue weighted by atomic mass is 19.1. The van der Waals surface area contributed by atoms with Crippen molar-refractivity contribution in [1.29, 1.82) is 0 Å². The Morgan fingerprint density at radius 2 is 2.00 bits per heavy atom. The van der Waals surface area contributed by atoms with E-state index in [1.54, 1.807) is 17.0 Å². The SMILES string of the molecule is CN(C)CCNc1cc(CN2c3cc(F)c4ccoc4c3C(c3ccc[nH]c3=O)C2C(=O)O)c2ccccc2n1. The summed E-state index contributed by atoms with van der Waals surface area (Å²) in [5, 5.41) is 15.0. The molecule has 6 rings (SSSR count). The number of hydrogen-bond acceptors (Lipinski definition) is 7. The zero-order valence-corrected chi connectivity index (χ0v) is 22.0. The minimum atomic E-state index is -1.19. The Labute approximate surface area is 228 Å². The molecule has 0 saturated heterocycles. The van der Waals surface area contributed by atoms with Crippen LogP contribution in [0.3, 0.4) is 0 Å². The molecule has 0 aliphatic carbocycles. The number of halogens is 1. The molecule has 10 heteroatoms. The van der Waals surface area contributed by atoms with E-state index >= 15 is 4.39 Å². The Balaban J connectivity index is 1.53. The summed E-state index contributed by atoms with van der Waals surface area (Å²) in [7, 11) is 3.97. The van der Waals surface area contributed by atoms with Gasteiger partial charge in [0.25, 0.3) is 5.56 Å². The predicted octanol–water partition coefficient (Wildman–Crippen LogP) is 4.39. The third kappa shape index (κ3) is 4.36. The van der Waals surface area contributed by atoms with Crippen molar-refractivity contribution < 1.29 is 18.7 Å². The summed E-state index contributed by atoms with van der Waals surface area (Å²) in [6, 6.07) is 14.5. The number of rotatable bonds is 8. The normalized spacial score (nSPS) is 16.6. The molecule has 9 nitrogen and oxygen atoms in total. The van der Waals surface area contributed by atoms with Gasteiger partial charge in [-0.25, -0.2) is 14.2 Å². The quantitative estimate of drug-likeness (QED) is 0.265. The van der Waals surface area contributed by atoms with Crippen molar-refractivity contribution in [2.24, 2.45) is 0 Å². The highest BCUT2D eigenvalue weighted by Crippen LogP contribution is 2.49. The van der Waals surface area contributed by atoms with Crippen LogP contribution in [0.5, 0.6) is 0 Å². The number of aromatic nitrogens is 2. The number of para-hydroxylation sites is 1. The van der Waals surface area contributed by atoms with Crippen molar-refractivity contribution in [1.82, 2.24) is 14.9 Å². The summed E-state index contributed by atoms with van der Waals surface area (Å²) in [6.07, 6.45) is 2.87. The monoisotopic (exact) mass is 541 g/mol. The number of fused-ring (bicyclic) bond motifs is 4. The Kier molecular flexibility index (Phi) is 6.47. The smallest absolute Gasteiger partial charge is 0.327 e. The lowest BCUT2D eigenvalue weighted by atomic mass is 9.87. The van der Waals surface area contributed by atoms with Crippen LogP contribution < -0.4 is 15.8 Å². The number of carboxylic acid groups (broad SMARTS) is 1. The van der Waals surface area contributed by atoms with Gasteiger partial charge in [0.1, 0.15) is 23.3 Å². The highest BCUT2D eigenvalue weighted by molar-refractivity contribution is 5.95. The maximum absolute atomic E-state index is 15.3. The van der Waals surface area contributed by atoms with Gasteiger partial charge in [0.05, 0.1) is 23.1 Å². The van der Waals surface area contributed by atoms with Crippen LogP contribution in [0.15, 0.2) is 76.3 Å². The van der Waals surface area contributed by atoms with Crippen LogP contribution >= 0.6 is 0 Å². The molecule has 0 spiro atoms. The molecule has 0 amide bonds. The molecular weight excluding hydrogens is 513 g/mol. The van der Waals surface area contributed by atoms with Crippen molar-refractivity contribution in [2.45, 2.75) is 18.5 Å². The Bertz CT molecular complexity index is 1800. The number of pyridine rings is 2. The van der Waals surface area contributed by atoms with Crippen LogP contribution in [-0.2, 0) is 11.3 Å². The van der Waals surface area contributed by atoms with Crippen LogP contribution in [0, 0.1) is 5.82 Å². The first kappa shape index (κ1) is 25.6. The molecule has 3 aromatic heterocycles. The first-order valence-corrected chi connectivity index (χ1v) is 13.0. The maximum Gasteiger partial charge on any atom is 0.327 e. The van der Waals surface area contributed by atoms with Crippen molar-refractivity contribution in [3.63, 3.8) is 0 Å². The number of aromatic amines is 1. The first-order valence-electron chi connectivity index (χ1n) is 13.0. The zero-order chi connectivity index (χ0) is 28.0. The van der Waals surface area contributed by atoms with Gasteiger partial charge in [-0.3, -0.25) is 4.79 Å². The Morgan fingerprint density at radius 3 is 2.77 bits per heavy atom. The summed E-state index contributed by atoms with van der Waals surface area (Å²) < 4.78 is 21.0. The van der Waals surface area contributed by atoms with Gasteiger partial charge in [-0.1, -0.05) is 24.3 Å². The Morgan fingerprint density at radius 1 is 1.18 bits per heavy atom. The molecule has 1 aliphatic rings. The first-order chi connectivity index (χ1) is 19.3. The van der Waals surface area contributed by atoms with E-state index in [2.05, 4.69) is 15.2 Å². The van der Waals surface area contributed by atoms with E-state index in [0.717, 1.165) is 23.0 Å². The summed E-state index contributed by atoms with van der Waals surface area (Å²) >= 11 is 0. The molecule has 40 heavy (non-hydrogen) atoms. The molecule has 0 saturated carbocycles. The van der Waals surface area contributed by atoms with Gasteiger partial charge in [-0.15, -0.1) is 0 Å². The minimum absolute atomic E-state index is 0.141. The van der Waals surface area contributed by atoms with Crippen LogP contribution in [0.2, 0.25) is 0 Å². The number of carbonyl (C=O) groups is 1. The third-order valence-corrected chi connectivity index (χ3v) is 7.42. The lowest BCUT2D eigenvalue weighted by Crippen LogP contribution is -2.42. The molecule has 4 heterocycles. The fourth-order valence-electron chi connectivity index (χ4n) is 5.65. The lowest BCUT2D eigenvalue weighted by molar-refractivity contribution is -0.138. The third-order valence-electron chi connectivity index (χ3n) is 7.42. The molecule has 0 fully saturated rings. The van der Waals surface area contributed by atoms with Crippen molar-refractivity contribution in [2.75, 3.05) is 37.4 Å². The number of nitrogens with zero attached hydrogens (tertiary/aromatic N) is 3. The molecule has 2 atom stereocenters. The summed E-state index contributed by atoms with van der Waals surface area (Å²) in [6.45, 7) is 1.61. The maximum atomic E-state index is 15.3. The highest BCUT2D eigenvalue weighted by Gasteiger charge is 2.47. The van der Waals surface area contributed by atoms with Gasteiger partial charge in [0, 0.05) is 48.0 Å². The fourth-order valence-corrected chi connectivity index (χ4v) is 5.65. The number of hydrogen-bond donors (Lipinski definition) is 3. The molecule has 0 radical (unpaired) electrons. The van der Waals surface area contributed by atoms with Gasteiger partial charge in [0.15, 0.2) is 0 Å². The zero-order valence-electron chi connectivity index (χ0n) is 22.0. The van der Waals surface area contributed by atoms with E-state index in [9.17, 15) is 14.7 Å². The number of likely N-dealkylation sites (N-methyl/N-ethyl adjacent to an activating group) is 1. The van der Waals surface area contributed by atoms with E-state index in [1.807, 2.05) is 44.4 Å². The molecule has 204 valence electrons. The average Bonchev–Trinajstić information content (AvgIpc) is 3.53. The van der Waals surface area contributed by atoms with E-state index < -0.39 is 29.3 Å². The lowest BCUT2D eigenvalue weighted by Gasteiger charge is -2.28. The van der Waals surface area contributed by atoms with Crippen molar-refractivity contribution >= 4 is 39.3 Å². The van der Waals surface area contributed by atoms with Gasteiger partial charge in [-0.05, 0) is 50.0 Å². The average molecular weight is 542 g/mol. The van der Waals surface area contributed by atoms with Gasteiger partial charge < -0.3 is 29.6 Å². The predicted molar refractivity (Wildman–Crippen MR) is 151 cm³/mol. The summed E-state index contributed by atoms with van der Waals surface area (Å²) in [4.78, 5) is 37.0. The summed E-state index contributed by atoms with van der Waals surface area (Å²) in [5.74, 6) is -1.89. The second-order valence-electron chi connectivity index (χ2n) is 10.2. The van der Waals surface area contributed by atoms with Crippen LogP contribution in [0.4, 0.5) is 15.9 Å². The van der Waals surface area contributed by atoms with Gasteiger partial charge >= 0.3 is 5.97 Å². The van der Waals surface area contributed by atoms with E-state index in [0.29, 0.717) is 23.6 Å². The number of H-pyrrole nitrogens is 1. The number of nitrogens with one attached hydrogen (secondary N) is 2. The summed E-state index contributed by atoms with van der Waals surface area (Å²) in [5.41, 5.74) is 2.53. The molecule has 3 N–H and O–H groups in total. The van der Waals surface area contributed by atoms with Gasteiger partial charge in [0.2, 0.25) is 0 Å². The number of furan rings is 1. The number of anilines is 2. The molecule has 2 aromatic carbocycles. The molecule has 0 bridgehead atoms. The molecule has 1 aliphatic heterocycles. The number of aliphatic carboxylic acids is 1. The minimum Gasteiger partial charge on any atom is -0.480 e. The number of benzene rings is 2. The largest absolute Gasteiger partial charge is 0.480 e. The van der Waals surface area contributed by atoms with E-state index in [-0.39, 0.29) is 23.1 Å². The topological polar surface area (TPSA) is 115 Å². The van der Waals surface area contributed by atoms with Crippen LogP contribution in [0.1, 0.15) is 22.6 Å². The Hall–Kier alpha value is -4.70. The molecule has 2 unspecified atom stereocenters. The second-order valence-corrected chi connectivity index (χ2v) is 10.2. The van der Waals surface area contributed by atoms with Crippen LogP contribution in [-0.4, -0.2) is 59.2 Å². The van der Waals surface area contributed by atoms with E-state index in [1.165, 1.54) is 24.6 Å². The fraction of sp³-hybridized carbons (Fsp3) is 0.233. The van der Waals surface area contributed by atoms with Crippen LogP contribution in [0.25, 0.3) is 21.9 Å². The standard InChI is InChI=1S/C30H28FN5O4/c1-35(2)12-11-32-24-14-17(18-6-3-4-8-22(18)34-24)16-36-23-15-21(31)19-9-13-40-28(19)26(23)25(27(36)30(38)39)20-7-5-10-33-29(20)37/h3-10,13-15,25,27H,11-12,16H2,1-2H3,(H,32,34)(H,33,37)(H,38,39).